The highest BCUT2D eigenvalue weighted by atomic mass is 16.6. The molecular weight excluding hydrogens is 334 g/mol. The number of nitrogens with zero attached hydrogens (tertiary/aromatic N) is 2. The summed E-state index contributed by atoms with van der Waals surface area (Å²) < 4.78 is 0. The maximum Gasteiger partial charge on any atom is 0.271 e. The third kappa shape index (κ3) is 3.42. The zero-order valence-electron chi connectivity index (χ0n) is 14.6. The minimum Gasteiger partial charge on any atom is -0.325 e. The lowest BCUT2D eigenvalue weighted by atomic mass is 10.1. The Morgan fingerprint density at radius 1 is 1.19 bits per heavy atom. The lowest BCUT2D eigenvalue weighted by Crippen LogP contribution is -2.28. The summed E-state index contributed by atoms with van der Waals surface area (Å²) in [6, 6.07) is 11.6. The van der Waals surface area contributed by atoms with Crippen molar-refractivity contribution in [3.63, 3.8) is 0 Å². The summed E-state index contributed by atoms with van der Waals surface area (Å²) >= 11 is 0. The van der Waals surface area contributed by atoms with Crippen LogP contribution in [0, 0.1) is 29.9 Å². The van der Waals surface area contributed by atoms with Crippen molar-refractivity contribution in [1.82, 2.24) is 0 Å². The highest BCUT2D eigenvalue weighted by Gasteiger charge is 2.35. The number of benzene rings is 2. The van der Waals surface area contributed by atoms with Crippen LogP contribution in [0.2, 0.25) is 0 Å². The van der Waals surface area contributed by atoms with Crippen molar-refractivity contribution < 1.29 is 14.5 Å². The van der Waals surface area contributed by atoms with Gasteiger partial charge in [0.05, 0.1) is 16.5 Å². The van der Waals surface area contributed by atoms with Crippen molar-refractivity contribution in [3.05, 3.63) is 63.7 Å². The Balaban J connectivity index is 1.76. The molecule has 1 aliphatic heterocycles. The molecule has 134 valence electrons. The average molecular weight is 353 g/mol. The Bertz CT molecular complexity index is 874. The summed E-state index contributed by atoms with van der Waals surface area (Å²) in [4.78, 5) is 36.8. The van der Waals surface area contributed by atoms with Gasteiger partial charge in [-0.15, -0.1) is 0 Å². The maximum atomic E-state index is 12.6. The van der Waals surface area contributed by atoms with Gasteiger partial charge in [-0.25, -0.2) is 0 Å². The molecule has 0 spiro atoms. The van der Waals surface area contributed by atoms with Crippen LogP contribution in [-0.4, -0.2) is 23.3 Å². The molecule has 0 aromatic heterocycles. The van der Waals surface area contributed by atoms with E-state index in [1.54, 1.807) is 6.07 Å². The number of nitro benzene ring substituents is 1. The van der Waals surface area contributed by atoms with E-state index in [4.69, 9.17) is 0 Å². The molecule has 0 bridgehead atoms. The molecule has 0 radical (unpaired) electrons. The van der Waals surface area contributed by atoms with Gasteiger partial charge in [-0.05, 0) is 31.0 Å². The molecule has 0 aliphatic carbocycles. The molecule has 1 atom stereocenters. The second-order valence-corrected chi connectivity index (χ2v) is 6.44. The fraction of sp³-hybridized carbons (Fsp3) is 0.263. The predicted octanol–water partition coefficient (Wildman–Crippen LogP) is 3.20. The zero-order valence-corrected chi connectivity index (χ0v) is 14.6. The van der Waals surface area contributed by atoms with Crippen LogP contribution < -0.4 is 10.2 Å². The van der Waals surface area contributed by atoms with Crippen molar-refractivity contribution in [2.24, 2.45) is 5.92 Å². The van der Waals surface area contributed by atoms with Gasteiger partial charge in [0.15, 0.2) is 0 Å². The summed E-state index contributed by atoms with van der Waals surface area (Å²) in [5.41, 5.74) is 3.03. The summed E-state index contributed by atoms with van der Waals surface area (Å²) in [7, 11) is 0. The third-order valence-electron chi connectivity index (χ3n) is 4.58. The standard InChI is InChI=1S/C19H19N3O4/c1-12-5-3-6-13(2)18(12)20-19(24)14-9-17(23)21(11-14)15-7-4-8-16(10-15)22(25)26/h3-8,10,14H,9,11H2,1-2H3,(H,20,24)/t14-/m0/s1. The summed E-state index contributed by atoms with van der Waals surface area (Å²) in [5.74, 6) is -0.934. The van der Waals surface area contributed by atoms with Gasteiger partial charge < -0.3 is 10.2 Å². The fourth-order valence-electron chi connectivity index (χ4n) is 3.14. The van der Waals surface area contributed by atoms with E-state index in [1.165, 1.54) is 23.1 Å². The Hall–Kier alpha value is -3.22. The van der Waals surface area contributed by atoms with Crippen LogP contribution in [0.5, 0.6) is 0 Å². The van der Waals surface area contributed by atoms with Crippen LogP contribution in [0.1, 0.15) is 17.5 Å². The van der Waals surface area contributed by atoms with Gasteiger partial charge in [-0.3, -0.25) is 19.7 Å². The summed E-state index contributed by atoms with van der Waals surface area (Å²) in [6.45, 7) is 4.03. The van der Waals surface area contributed by atoms with Crippen LogP contribution in [0.4, 0.5) is 17.1 Å². The highest BCUT2D eigenvalue weighted by molar-refractivity contribution is 6.04. The number of para-hydroxylation sites is 1. The molecule has 1 N–H and O–H groups in total. The zero-order chi connectivity index (χ0) is 18.8. The monoisotopic (exact) mass is 353 g/mol. The number of hydrogen-bond acceptors (Lipinski definition) is 4. The first kappa shape index (κ1) is 17.6. The molecule has 0 unspecified atom stereocenters. The maximum absolute atomic E-state index is 12.6. The molecule has 2 aromatic rings. The number of non-ortho nitro benzene ring substituents is 1. The van der Waals surface area contributed by atoms with Crippen LogP contribution in [0.15, 0.2) is 42.5 Å². The number of carbonyl (C=O) groups is 2. The van der Waals surface area contributed by atoms with E-state index in [-0.39, 0.29) is 30.5 Å². The van der Waals surface area contributed by atoms with Gasteiger partial charge >= 0.3 is 0 Å². The van der Waals surface area contributed by atoms with E-state index in [2.05, 4.69) is 5.32 Å². The van der Waals surface area contributed by atoms with Crippen molar-refractivity contribution >= 4 is 28.9 Å². The second kappa shape index (κ2) is 6.95. The number of anilines is 2. The minimum atomic E-state index is -0.505. The molecule has 7 heteroatoms. The molecule has 3 rings (SSSR count). The number of carbonyl (C=O) groups excluding carboxylic acids is 2. The molecule has 1 heterocycles. The third-order valence-corrected chi connectivity index (χ3v) is 4.58. The Morgan fingerprint density at radius 2 is 1.85 bits per heavy atom. The number of amides is 2. The van der Waals surface area contributed by atoms with Gasteiger partial charge in [0.1, 0.15) is 0 Å². The first-order valence-corrected chi connectivity index (χ1v) is 8.28. The second-order valence-electron chi connectivity index (χ2n) is 6.44. The Labute approximate surface area is 150 Å². The van der Waals surface area contributed by atoms with Gasteiger partial charge in [0.25, 0.3) is 5.69 Å². The number of nitro groups is 1. The fourth-order valence-corrected chi connectivity index (χ4v) is 3.14. The number of nitrogens with one attached hydrogen (secondary N) is 1. The molecule has 1 aliphatic rings. The predicted molar refractivity (Wildman–Crippen MR) is 98.1 cm³/mol. The van der Waals surface area contributed by atoms with Gasteiger partial charge in [-0.1, -0.05) is 24.3 Å². The van der Waals surface area contributed by atoms with Gasteiger partial charge in [0.2, 0.25) is 11.8 Å². The first-order chi connectivity index (χ1) is 12.4. The van der Waals surface area contributed by atoms with Crippen molar-refractivity contribution in [2.75, 3.05) is 16.8 Å². The lowest BCUT2D eigenvalue weighted by Gasteiger charge is -2.17. The molecule has 1 fully saturated rings. The normalized spacial score (nSPS) is 16.6. The smallest absolute Gasteiger partial charge is 0.271 e. The van der Waals surface area contributed by atoms with E-state index < -0.39 is 10.8 Å². The van der Waals surface area contributed by atoms with Crippen LogP contribution in [0.25, 0.3) is 0 Å². The van der Waals surface area contributed by atoms with E-state index in [1.807, 2.05) is 32.0 Å². The largest absolute Gasteiger partial charge is 0.325 e. The van der Waals surface area contributed by atoms with E-state index in [0.717, 1.165) is 16.8 Å². The van der Waals surface area contributed by atoms with E-state index in [0.29, 0.717) is 5.69 Å². The van der Waals surface area contributed by atoms with Crippen LogP contribution >= 0.6 is 0 Å². The summed E-state index contributed by atoms with van der Waals surface area (Å²) in [5, 5.41) is 13.8. The number of rotatable bonds is 4. The van der Waals surface area contributed by atoms with Crippen molar-refractivity contribution in [2.45, 2.75) is 20.3 Å². The van der Waals surface area contributed by atoms with Crippen molar-refractivity contribution in [3.8, 4) is 0 Å². The van der Waals surface area contributed by atoms with Crippen LogP contribution in [0.3, 0.4) is 0 Å². The minimum absolute atomic E-state index is 0.0828. The Morgan fingerprint density at radius 3 is 2.50 bits per heavy atom. The molecule has 1 saturated heterocycles. The molecule has 0 saturated carbocycles. The summed E-state index contributed by atoms with van der Waals surface area (Å²) in [6.07, 6.45) is 0.0828. The molecular formula is C19H19N3O4. The quantitative estimate of drug-likeness (QED) is 0.675. The Kier molecular flexibility index (Phi) is 4.71. The molecule has 2 amide bonds. The number of hydrogen-bond donors (Lipinski definition) is 1. The average Bonchev–Trinajstić information content (AvgIpc) is 3.00. The van der Waals surface area contributed by atoms with Gasteiger partial charge in [0, 0.05) is 30.8 Å². The van der Waals surface area contributed by atoms with Crippen molar-refractivity contribution in [1.29, 1.82) is 0 Å². The van der Waals surface area contributed by atoms with Gasteiger partial charge in [-0.2, -0.15) is 0 Å². The van der Waals surface area contributed by atoms with E-state index in [9.17, 15) is 19.7 Å². The SMILES string of the molecule is Cc1cccc(C)c1NC(=O)[C@H]1CC(=O)N(c2cccc([N+](=O)[O-])c2)C1. The first-order valence-electron chi connectivity index (χ1n) is 8.28. The lowest BCUT2D eigenvalue weighted by molar-refractivity contribution is -0.384. The highest BCUT2D eigenvalue weighted by Crippen LogP contribution is 2.29. The van der Waals surface area contributed by atoms with Crippen LogP contribution in [-0.2, 0) is 9.59 Å². The molecule has 7 nitrogen and oxygen atoms in total. The topological polar surface area (TPSA) is 92.6 Å². The van der Waals surface area contributed by atoms with E-state index >= 15 is 0 Å². The molecule has 2 aromatic carbocycles. The molecule has 26 heavy (non-hydrogen) atoms. The number of aryl methyl sites for hydroxylation is 2.